The molecule has 0 atom stereocenters. The van der Waals surface area contributed by atoms with E-state index in [1.54, 1.807) is 19.3 Å². The lowest BCUT2D eigenvalue weighted by Gasteiger charge is -2.12. The van der Waals surface area contributed by atoms with Gasteiger partial charge in [-0.15, -0.1) is 24.0 Å². The van der Waals surface area contributed by atoms with Crippen molar-refractivity contribution in [2.24, 2.45) is 4.99 Å². The minimum Gasteiger partial charge on any atom is -0.356 e. The summed E-state index contributed by atoms with van der Waals surface area (Å²) < 4.78 is 0. The fraction of sp³-hybridized carbons (Fsp3) is 0.350. The molecular weight excluding hydrogens is 489 g/mol. The number of halogens is 2. The Morgan fingerprint density at radius 1 is 1.11 bits per heavy atom. The second-order valence-corrected chi connectivity index (χ2v) is 6.47. The van der Waals surface area contributed by atoms with Crippen LogP contribution in [0.2, 0.25) is 5.15 Å². The van der Waals surface area contributed by atoms with E-state index in [4.69, 9.17) is 11.6 Å². The van der Waals surface area contributed by atoms with Crippen LogP contribution in [0.5, 0.6) is 0 Å². The molecule has 0 saturated heterocycles. The highest BCUT2D eigenvalue weighted by Gasteiger charge is 2.02. The van der Waals surface area contributed by atoms with Gasteiger partial charge in [0.25, 0.3) is 0 Å². The van der Waals surface area contributed by atoms with E-state index in [9.17, 15) is 4.79 Å². The van der Waals surface area contributed by atoms with Crippen LogP contribution in [0.1, 0.15) is 30.9 Å². The number of guanidine groups is 1. The van der Waals surface area contributed by atoms with Crippen molar-refractivity contribution in [2.45, 2.75) is 32.7 Å². The smallest absolute Gasteiger partial charge is 0.224 e. The normalized spacial score (nSPS) is 10.8. The van der Waals surface area contributed by atoms with E-state index in [-0.39, 0.29) is 29.9 Å². The van der Waals surface area contributed by atoms with Crippen molar-refractivity contribution in [3.8, 4) is 0 Å². The molecule has 0 unspecified atom stereocenters. The number of nitrogens with zero attached hydrogens (tertiary/aromatic N) is 2. The first-order chi connectivity index (χ1) is 13.1. The minimum absolute atomic E-state index is 0. The number of rotatable bonds is 8. The lowest BCUT2D eigenvalue weighted by atomic mass is 10.2. The summed E-state index contributed by atoms with van der Waals surface area (Å²) >= 11 is 5.79. The van der Waals surface area contributed by atoms with Gasteiger partial charge in [0.1, 0.15) is 5.15 Å². The summed E-state index contributed by atoms with van der Waals surface area (Å²) in [7, 11) is 1.74. The number of pyridine rings is 1. The summed E-state index contributed by atoms with van der Waals surface area (Å²) in [6.45, 7) is 3.37. The fourth-order valence-electron chi connectivity index (χ4n) is 2.44. The maximum absolute atomic E-state index is 11.6. The van der Waals surface area contributed by atoms with Crippen molar-refractivity contribution in [1.29, 1.82) is 0 Å². The van der Waals surface area contributed by atoms with E-state index in [0.717, 1.165) is 42.2 Å². The van der Waals surface area contributed by atoms with Crippen LogP contribution in [0.15, 0.2) is 47.6 Å². The van der Waals surface area contributed by atoms with Gasteiger partial charge in [0.2, 0.25) is 5.91 Å². The fourth-order valence-corrected chi connectivity index (χ4v) is 2.55. The molecule has 1 aromatic heterocycles. The number of aliphatic imine (C=N–C) groups is 1. The Morgan fingerprint density at radius 3 is 2.43 bits per heavy atom. The van der Waals surface area contributed by atoms with Gasteiger partial charge < -0.3 is 16.0 Å². The molecule has 0 aliphatic carbocycles. The molecule has 0 fully saturated rings. The van der Waals surface area contributed by atoms with Crippen LogP contribution in [0.3, 0.4) is 0 Å². The number of benzene rings is 1. The van der Waals surface area contributed by atoms with E-state index in [1.807, 2.05) is 37.3 Å². The van der Waals surface area contributed by atoms with Gasteiger partial charge in [-0.05, 0) is 42.2 Å². The Balaban J connectivity index is 0.00000392. The number of hydrogen-bond acceptors (Lipinski definition) is 3. The molecule has 2 aromatic rings. The van der Waals surface area contributed by atoms with E-state index in [0.29, 0.717) is 18.1 Å². The monoisotopic (exact) mass is 515 g/mol. The Hall–Kier alpha value is -1.87. The van der Waals surface area contributed by atoms with Gasteiger partial charge >= 0.3 is 0 Å². The number of amides is 1. The SMILES string of the molecule is CCCC(=O)Nc1ccc(CNC(=NC)NCCc2ccc(Cl)nc2)cc1.I. The molecule has 0 radical (unpaired) electrons. The van der Waals surface area contributed by atoms with Gasteiger partial charge in [-0.1, -0.05) is 36.7 Å². The van der Waals surface area contributed by atoms with Crippen LogP contribution in [0, 0.1) is 0 Å². The van der Waals surface area contributed by atoms with Gasteiger partial charge in [-0.3, -0.25) is 9.79 Å². The molecule has 0 aliphatic rings. The summed E-state index contributed by atoms with van der Waals surface area (Å²) in [4.78, 5) is 19.9. The first-order valence-electron chi connectivity index (χ1n) is 9.04. The van der Waals surface area contributed by atoms with Gasteiger partial charge in [0.15, 0.2) is 5.96 Å². The first kappa shape index (κ1) is 24.2. The number of carbonyl (C=O) groups excluding carboxylic acids is 1. The van der Waals surface area contributed by atoms with Crippen LogP contribution >= 0.6 is 35.6 Å². The summed E-state index contributed by atoms with van der Waals surface area (Å²) in [5.74, 6) is 0.779. The first-order valence-corrected chi connectivity index (χ1v) is 9.42. The van der Waals surface area contributed by atoms with Crippen molar-refractivity contribution in [1.82, 2.24) is 15.6 Å². The van der Waals surface area contributed by atoms with Crippen molar-refractivity contribution in [3.05, 3.63) is 58.9 Å². The second-order valence-electron chi connectivity index (χ2n) is 6.09. The topological polar surface area (TPSA) is 78.4 Å². The van der Waals surface area contributed by atoms with E-state index < -0.39 is 0 Å². The highest BCUT2D eigenvalue weighted by molar-refractivity contribution is 14.0. The zero-order valence-corrected chi connectivity index (χ0v) is 19.3. The third kappa shape index (κ3) is 8.88. The maximum Gasteiger partial charge on any atom is 0.224 e. The third-order valence-electron chi connectivity index (χ3n) is 3.89. The van der Waals surface area contributed by atoms with Crippen molar-refractivity contribution in [3.63, 3.8) is 0 Å². The number of aromatic nitrogens is 1. The van der Waals surface area contributed by atoms with E-state index in [2.05, 4.69) is 25.9 Å². The van der Waals surface area contributed by atoms with E-state index in [1.165, 1.54) is 0 Å². The highest BCUT2D eigenvalue weighted by Crippen LogP contribution is 2.10. The lowest BCUT2D eigenvalue weighted by Crippen LogP contribution is -2.37. The maximum atomic E-state index is 11.6. The molecule has 1 aromatic carbocycles. The average molecular weight is 516 g/mol. The summed E-state index contributed by atoms with van der Waals surface area (Å²) in [5.41, 5.74) is 3.03. The zero-order valence-electron chi connectivity index (χ0n) is 16.2. The molecule has 1 heterocycles. The second kappa shape index (κ2) is 13.3. The standard InChI is InChI=1S/C20H26ClN5O.HI/c1-3-4-19(27)26-17-8-5-15(6-9-17)14-25-20(22-2)23-12-11-16-7-10-18(21)24-13-16;/h5-10,13H,3-4,11-12,14H2,1-2H3,(H,26,27)(H2,22,23,25);1H. The Bertz CT molecular complexity index is 750. The average Bonchev–Trinajstić information content (AvgIpc) is 2.67. The number of hydrogen-bond donors (Lipinski definition) is 3. The molecule has 28 heavy (non-hydrogen) atoms. The number of anilines is 1. The molecule has 8 heteroatoms. The quantitative estimate of drug-likeness (QED) is 0.215. The molecule has 3 N–H and O–H groups in total. The van der Waals surface area contributed by atoms with Gasteiger partial charge in [-0.2, -0.15) is 0 Å². The predicted octanol–water partition coefficient (Wildman–Crippen LogP) is 4.00. The Morgan fingerprint density at radius 2 is 1.82 bits per heavy atom. The number of nitrogens with one attached hydrogen (secondary N) is 3. The molecule has 6 nitrogen and oxygen atoms in total. The van der Waals surface area contributed by atoms with Crippen molar-refractivity contribution >= 4 is 53.1 Å². The largest absolute Gasteiger partial charge is 0.356 e. The zero-order chi connectivity index (χ0) is 19.5. The summed E-state index contributed by atoms with van der Waals surface area (Å²) in [5, 5.41) is 9.94. The third-order valence-corrected chi connectivity index (χ3v) is 4.12. The Labute approximate surface area is 188 Å². The minimum atomic E-state index is 0. The van der Waals surface area contributed by atoms with Gasteiger partial charge in [0.05, 0.1) is 0 Å². The Kier molecular flexibility index (Phi) is 11.5. The molecule has 0 saturated carbocycles. The highest BCUT2D eigenvalue weighted by atomic mass is 127. The van der Waals surface area contributed by atoms with Crippen molar-refractivity contribution < 1.29 is 4.79 Å². The van der Waals surface area contributed by atoms with Crippen molar-refractivity contribution in [2.75, 3.05) is 18.9 Å². The van der Waals surface area contributed by atoms with Gasteiger partial charge in [-0.25, -0.2) is 4.98 Å². The predicted molar refractivity (Wildman–Crippen MR) is 127 cm³/mol. The van der Waals surface area contributed by atoms with Crippen LogP contribution in [0.4, 0.5) is 5.69 Å². The van der Waals surface area contributed by atoms with Gasteiger partial charge in [0, 0.05) is 38.4 Å². The molecular formula is C20H27ClIN5O. The molecule has 152 valence electrons. The molecule has 0 aliphatic heterocycles. The van der Waals surface area contributed by atoms with Crippen LogP contribution < -0.4 is 16.0 Å². The molecule has 0 bridgehead atoms. The summed E-state index contributed by atoms with van der Waals surface area (Å²) in [6.07, 6.45) is 3.99. The van der Waals surface area contributed by atoms with Crippen LogP contribution in [-0.4, -0.2) is 30.4 Å². The molecule has 2 rings (SSSR count). The van der Waals surface area contributed by atoms with Crippen LogP contribution in [-0.2, 0) is 17.8 Å². The summed E-state index contributed by atoms with van der Waals surface area (Å²) in [6, 6.07) is 11.6. The molecule has 1 amide bonds. The molecule has 0 spiro atoms. The van der Waals surface area contributed by atoms with E-state index >= 15 is 0 Å². The number of carbonyl (C=O) groups is 1. The lowest BCUT2D eigenvalue weighted by molar-refractivity contribution is -0.116. The van der Waals surface area contributed by atoms with Crippen LogP contribution in [0.25, 0.3) is 0 Å².